The molecule has 0 bridgehead atoms. The molecular formula is C31H41BN8O2. The number of hydrogen-bond acceptors (Lipinski definition) is 10. The van der Waals surface area contributed by atoms with Crippen molar-refractivity contribution in [3.63, 3.8) is 0 Å². The number of methoxy groups -OCH3 is 1. The molecular weight excluding hydrogens is 527 g/mol. The van der Waals surface area contributed by atoms with Gasteiger partial charge in [0.1, 0.15) is 26.0 Å². The minimum absolute atomic E-state index is 0.0744. The summed E-state index contributed by atoms with van der Waals surface area (Å²) in [6, 6.07) is 12.1. The Morgan fingerprint density at radius 3 is 2.67 bits per heavy atom. The highest BCUT2D eigenvalue weighted by Crippen LogP contribution is 2.30. The lowest BCUT2D eigenvalue weighted by molar-refractivity contribution is -0.0327. The van der Waals surface area contributed by atoms with E-state index < -0.39 is 0 Å². The molecule has 4 heterocycles. The number of nitrogens with two attached hydrogens (primary N) is 1. The van der Waals surface area contributed by atoms with Crippen LogP contribution in [0.25, 0.3) is 10.9 Å². The van der Waals surface area contributed by atoms with Crippen LogP contribution in [0.2, 0.25) is 0 Å². The van der Waals surface area contributed by atoms with E-state index in [9.17, 15) is 5.26 Å². The van der Waals surface area contributed by atoms with Crippen molar-refractivity contribution >= 4 is 41.5 Å². The van der Waals surface area contributed by atoms with E-state index in [0.717, 1.165) is 80.5 Å². The van der Waals surface area contributed by atoms with Crippen LogP contribution >= 0.6 is 0 Å². The van der Waals surface area contributed by atoms with Crippen LogP contribution < -0.4 is 26.0 Å². The van der Waals surface area contributed by atoms with Crippen LogP contribution in [-0.4, -0.2) is 107 Å². The number of hydrogen-bond donors (Lipinski definition) is 1. The Hall–Kier alpha value is -3.43. The van der Waals surface area contributed by atoms with Crippen molar-refractivity contribution in [3.05, 3.63) is 47.7 Å². The molecule has 2 radical (unpaired) electrons. The second kappa shape index (κ2) is 13.3. The summed E-state index contributed by atoms with van der Waals surface area (Å²) in [6.07, 6.45) is 1.78. The number of fused-ring (bicyclic) bond motifs is 1. The number of nitrogens with zero attached hydrogens (tertiary/aromatic N) is 7. The molecule has 2 aliphatic heterocycles. The fourth-order valence-electron chi connectivity index (χ4n) is 6.12. The van der Waals surface area contributed by atoms with Gasteiger partial charge in [0.2, 0.25) is 0 Å². The maximum absolute atomic E-state index is 9.59. The minimum atomic E-state index is -0.332. The van der Waals surface area contributed by atoms with Gasteiger partial charge < -0.3 is 29.9 Å². The minimum Gasteiger partial charge on any atom is -0.370 e. The van der Waals surface area contributed by atoms with Gasteiger partial charge in [-0.1, -0.05) is 6.07 Å². The first-order valence-electron chi connectivity index (χ1n) is 14.8. The number of anilines is 3. The van der Waals surface area contributed by atoms with E-state index in [-0.39, 0.29) is 18.4 Å². The number of aryl methyl sites for hydroxylation is 1. The molecule has 3 unspecified atom stereocenters. The van der Waals surface area contributed by atoms with Gasteiger partial charge >= 0.3 is 0 Å². The van der Waals surface area contributed by atoms with Gasteiger partial charge in [0.25, 0.3) is 0 Å². The number of nitriles is 1. The van der Waals surface area contributed by atoms with Gasteiger partial charge in [-0.05, 0) is 56.2 Å². The summed E-state index contributed by atoms with van der Waals surface area (Å²) >= 11 is 0. The van der Waals surface area contributed by atoms with Gasteiger partial charge in [-0.15, -0.1) is 0 Å². The first-order valence-corrected chi connectivity index (χ1v) is 14.8. The average Bonchev–Trinajstić information content (AvgIpc) is 2.99. The van der Waals surface area contributed by atoms with Crippen LogP contribution in [0.4, 0.5) is 17.2 Å². The number of benzene rings is 1. The highest BCUT2D eigenvalue weighted by atomic mass is 16.5. The fourth-order valence-corrected chi connectivity index (χ4v) is 6.12. The topological polar surface area (TPSA) is 107 Å². The quantitative estimate of drug-likeness (QED) is 0.303. The molecule has 2 N–H and O–H groups in total. The molecule has 3 atom stereocenters. The number of pyridine rings is 2. The lowest BCUT2D eigenvalue weighted by atomic mass is 10.00. The van der Waals surface area contributed by atoms with E-state index in [4.69, 9.17) is 28.0 Å². The van der Waals surface area contributed by atoms with Crippen LogP contribution in [0.1, 0.15) is 25.0 Å². The predicted octanol–water partition coefficient (Wildman–Crippen LogP) is 1.78. The summed E-state index contributed by atoms with van der Waals surface area (Å²) < 4.78 is 11.7. The largest absolute Gasteiger partial charge is 0.370 e. The maximum atomic E-state index is 9.59. The smallest absolute Gasteiger partial charge is 0.141 e. The molecule has 2 saturated heterocycles. The van der Waals surface area contributed by atoms with E-state index in [0.29, 0.717) is 23.2 Å². The van der Waals surface area contributed by atoms with Gasteiger partial charge in [0, 0.05) is 70.5 Å². The molecule has 0 spiro atoms. The van der Waals surface area contributed by atoms with Gasteiger partial charge in [-0.3, -0.25) is 9.88 Å². The zero-order valence-corrected chi connectivity index (χ0v) is 25.2. The molecule has 3 aromatic rings. The number of aromatic nitrogens is 2. The molecule has 0 amide bonds. The average molecular weight is 569 g/mol. The zero-order chi connectivity index (χ0) is 29.8. The van der Waals surface area contributed by atoms with E-state index >= 15 is 0 Å². The van der Waals surface area contributed by atoms with E-state index in [1.165, 1.54) is 0 Å². The van der Waals surface area contributed by atoms with E-state index in [1.807, 2.05) is 24.4 Å². The summed E-state index contributed by atoms with van der Waals surface area (Å²) in [5, 5.41) is 10.5. The second-order valence-corrected chi connectivity index (χ2v) is 11.3. The van der Waals surface area contributed by atoms with Gasteiger partial charge in [-0.25, -0.2) is 4.98 Å². The van der Waals surface area contributed by atoms with Crippen LogP contribution in [-0.2, 0) is 9.47 Å². The molecule has 5 rings (SSSR count). The Balaban J connectivity index is 1.21. The van der Waals surface area contributed by atoms with E-state index in [1.54, 1.807) is 13.2 Å². The standard InChI is InChI=1S/C31H41BN8O2/c1-5-38(20-29(34)41-4)24-14-21(2)31(35-16-24)39-12-10-37(11-13-39)18-25-19-40(17-22(3)42-25)27-8-6-23(15-33)30-26(27)7-9-28(32)36-30/h6-9,14,16,22,25,29H,5,10-13,17-20,34H2,1-4H3. The monoisotopic (exact) mass is 568 g/mol. The summed E-state index contributed by atoms with van der Waals surface area (Å²) in [7, 11) is 7.58. The fraction of sp³-hybridized carbons (Fsp3) is 0.516. The SMILES string of the molecule is [B]c1ccc2c(N3CC(C)OC(CN4CCN(c5ncc(N(CC)CC(N)OC)cc5C)CC4)C3)ccc(C#N)c2n1. The first kappa shape index (κ1) is 30.0. The van der Waals surface area contributed by atoms with Crippen molar-refractivity contribution in [1.82, 2.24) is 14.9 Å². The summed E-state index contributed by atoms with van der Waals surface area (Å²) in [4.78, 5) is 18.8. The number of ether oxygens (including phenoxy) is 2. The lowest BCUT2D eigenvalue weighted by Crippen LogP contribution is -2.54. The normalized spacial score (nSPS) is 20.5. The first-order chi connectivity index (χ1) is 20.3. The molecule has 2 aliphatic rings. The molecule has 0 saturated carbocycles. The summed E-state index contributed by atoms with van der Waals surface area (Å²) in [5.74, 6) is 1.04. The van der Waals surface area contributed by atoms with Crippen molar-refractivity contribution in [1.29, 1.82) is 5.26 Å². The molecule has 1 aromatic carbocycles. The number of morpholine rings is 1. The molecule has 220 valence electrons. The number of likely N-dealkylation sites (N-methyl/N-ethyl adjacent to an activating group) is 1. The third-order valence-electron chi connectivity index (χ3n) is 8.26. The molecule has 2 fully saturated rings. The van der Waals surface area contributed by atoms with Crippen LogP contribution in [0.15, 0.2) is 36.5 Å². The van der Waals surface area contributed by atoms with Crippen molar-refractivity contribution in [2.75, 3.05) is 80.7 Å². The van der Waals surface area contributed by atoms with Crippen molar-refractivity contribution < 1.29 is 9.47 Å². The Morgan fingerprint density at radius 1 is 1.19 bits per heavy atom. The predicted molar refractivity (Wildman–Crippen MR) is 169 cm³/mol. The van der Waals surface area contributed by atoms with Crippen LogP contribution in [0.3, 0.4) is 0 Å². The Kier molecular flexibility index (Phi) is 9.48. The highest BCUT2D eigenvalue weighted by molar-refractivity contribution is 6.31. The Labute approximate surface area is 250 Å². The van der Waals surface area contributed by atoms with Crippen LogP contribution in [0.5, 0.6) is 0 Å². The third kappa shape index (κ3) is 6.63. The number of piperazine rings is 1. The molecule has 2 aromatic heterocycles. The van der Waals surface area contributed by atoms with Crippen LogP contribution in [0, 0.1) is 18.3 Å². The molecule has 42 heavy (non-hydrogen) atoms. The Morgan fingerprint density at radius 2 is 1.98 bits per heavy atom. The van der Waals surface area contributed by atoms with Crippen molar-refractivity contribution in [3.8, 4) is 6.07 Å². The third-order valence-corrected chi connectivity index (χ3v) is 8.26. The number of rotatable bonds is 9. The molecule has 11 heteroatoms. The molecule has 10 nitrogen and oxygen atoms in total. The second-order valence-electron chi connectivity index (χ2n) is 11.3. The summed E-state index contributed by atoms with van der Waals surface area (Å²) in [5.41, 5.74) is 10.9. The van der Waals surface area contributed by atoms with Crippen molar-refractivity contribution in [2.45, 2.75) is 39.2 Å². The highest BCUT2D eigenvalue weighted by Gasteiger charge is 2.30. The maximum Gasteiger partial charge on any atom is 0.141 e. The Bertz CT molecular complexity index is 1420. The summed E-state index contributed by atoms with van der Waals surface area (Å²) in [6.45, 7) is 14.0. The molecule has 0 aliphatic carbocycles. The van der Waals surface area contributed by atoms with Gasteiger partial charge in [0.05, 0.1) is 41.7 Å². The van der Waals surface area contributed by atoms with E-state index in [2.05, 4.69) is 57.5 Å². The van der Waals surface area contributed by atoms with Crippen molar-refractivity contribution in [2.24, 2.45) is 5.73 Å². The van der Waals surface area contributed by atoms with Gasteiger partial charge in [-0.2, -0.15) is 5.26 Å². The van der Waals surface area contributed by atoms with Gasteiger partial charge in [0.15, 0.2) is 0 Å². The zero-order valence-electron chi connectivity index (χ0n) is 25.2. The lowest BCUT2D eigenvalue weighted by Gasteiger charge is -2.42.